The number of carbonyl (C=O) groups is 1. The van der Waals surface area contributed by atoms with Gasteiger partial charge in [-0.2, -0.15) is 0 Å². The Morgan fingerprint density at radius 1 is 1.06 bits per heavy atom. The van der Waals surface area contributed by atoms with Crippen molar-refractivity contribution in [2.75, 3.05) is 45.2 Å². The molecule has 2 aromatic rings. The van der Waals surface area contributed by atoms with Crippen LogP contribution in [-0.2, 0) is 11.2 Å². The van der Waals surface area contributed by atoms with E-state index in [1.165, 1.54) is 30.5 Å². The number of piperazine rings is 1. The summed E-state index contributed by atoms with van der Waals surface area (Å²) in [4.78, 5) is 17.8. The summed E-state index contributed by atoms with van der Waals surface area (Å²) in [7, 11) is 1.66. The van der Waals surface area contributed by atoms with Gasteiger partial charge in [0.15, 0.2) is 5.11 Å². The van der Waals surface area contributed by atoms with Gasteiger partial charge in [0.25, 0.3) is 0 Å². The molecule has 1 aliphatic heterocycles. The van der Waals surface area contributed by atoms with E-state index < -0.39 is 0 Å². The summed E-state index contributed by atoms with van der Waals surface area (Å²) in [5.74, 6) is 1.12. The summed E-state index contributed by atoms with van der Waals surface area (Å²) in [6.07, 6.45) is 5.42. The van der Waals surface area contributed by atoms with Crippen molar-refractivity contribution in [3.8, 4) is 5.75 Å². The van der Waals surface area contributed by atoms with Crippen molar-refractivity contribution in [3.05, 3.63) is 59.9 Å². The molecule has 2 N–H and O–H groups in total. The molecule has 188 valence electrons. The standard InChI is InChI=1S/C27H35FN4O2S/c1-34-24-12-6-20(7-13-24)14-15-29-26(33)25(21-4-2-3-5-21)31-16-18-32(19-17-31)27(35)30-23-10-8-22(28)9-11-23/h6-13,21,25H,2-5,14-19H2,1H3,(H,29,33)(H,30,35). The molecule has 1 heterocycles. The first kappa shape index (κ1) is 25.4. The third-order valence-corrected chi connectivity index (χ3v) is 7.44. The second-order valence-electron chi connectivity index (χ2n) is 9.34. The van der Waals surface area contributed by atoms with E-state index in [1.807, 2.05) is 24.3 Å². The van der Waals surface area contributed by atoms with Crippen LogP contribution in [0.15, 0.2) is 48.5 Å². The van der Waals surface area contributed by atoms with Crippen LogP contribution in [0.4, 0.5) is 10.1 Å². The number of nitrogens with zero attached hydrogens (tertiary/aromatic N) is 2. The van der Waals surface area contributed by atoms with E-state index in [-0.39, 0.29) is 17.8 Å². The summed E-state index contributed by atoms with van der Waals surface area (Å²) < 4.78 is 18.4. The molecule has 1 amide bonds. The molecule has 2 aliphatic rings. The van der Waals surface area contributed by atoms with Crippen LogP contribution in [0.3, 0.4) is 0 Å². The fraction of sp³-hybridized carbons (Fsp3) is 0.481. The molecular weight excluding hydrogens is 463 g/mol. The summed E-state index contributed by atoms with van der Waals surface area (Å²) in [5, 5.41) is 7.04. The highest BCUT2D eigenvalue weighted by molar-refractivity contribution is 7.80. The van der Waals surface area contributed by atoms with Gasteiger partial charge in [-0.05, 0) is 79.4 Å². The van der Waals surface area contributed by atoms with Crippen molar-refractivity contribution in [2.45, 2.75) is 38.1 Å². The minimum absolute atomic E-state index is 0.0888. The van der Waals surface area contributed by atoms with Gasteiger partial charge in [0.2, 0.25) is 5.91 Å². The number of anilines is 1. The number of ether oxygens (including phenoxy) is 1. The molecule has 0 radical (unpaired) electrons. The molecule has 1 saturated heterocycles. The Hall–Kier alpha value is -2.71. The molecule has 8 heteroatoms. The lowest BCUT2D eigenvalue weighted by Gasteiger charge is -2.41. The zero-order chi connectivity index (χ0) is 24.6. The van der Waals surface area contributed by atoms with Crippen LogP contribution in [0, 0.1) is 11.7 Å². The highest BCUT2D eigenvalue weighted by atomic mass is 32.1. The highest BCUT2D eigenvalue weighted by Gasteiger charge is 2.36. The summed E-state index contributed by atoms with van der Waals surface area (Å²) in [6, 6.07) is 14.1. The first-order valence-electron chi connectivity index (χ1n) is 12.5. The predicted octanol–water partition coefficient (Wildman–Crippen LogP) is 4.07. The molecule has 35 heavy (non-hydrogen) atoms. The number of thiocarbonyl (C=S) groups is 1. The van der Waals surface area contributed by atoms with Crippen molar-refractivity contribution in [3.63, 3.8) is 0 Å². The number of methoxy groups -OCH3 is 1. The third-order valence-electron chi connectivity index (χ3n) is 7.08. The van der Waals surface area contributed by atoms with Gasteiger partial charge >= 0.3 is 0 Å². The second kappa shape index (κ2) is 12.3. The normalized spacial score (nSPS) is 17.7. The largest absolute Gasteiger partial charge is 0.497 e. The van der Waals surface area contributed by atoms with Crippen LogP contribution < -0.4 is 15.4 Å². The van der Waals surface area contributed by atoms with E-state index in [9.17, 15) is 9.18 Å². The Morgan fingerprint density at radius 3 is 2.34 bits per heavy atom. The second-order valence-corrected chi connectivity index (χ2v) is 9.73. The predicted molar refractivity (Wildman–Crippen MR) is 141 cm³/mol. The SMILES string of the molecule is COc1ccc(CCNC(=O)C(C2CCCC2)N2CCN(C(=S)Nc3ccc(F)cc3)CC2)cc1. The molecule has 2 aromatic carbocycles. The molecule has 1 saturated carbocycles. The van der Waals surface area contributed by atoms with Crippen LogP contribution in [0.25, 0.3) is 0 Å². The van der Waals surface area contributed by atoms with Crippen LogP contribution >= 0.6 is 12.2 Å². The lowest BCUT2D eigenvalue weighted by molar-refractivity contribution is -0.129. The van der Waals surface area contributed by atoms with Crippen molar-refractivity contribution in [1.29, 1.82) is 0 Å². The third kappa shape index (κ3) is 6.92. The summed E-state index contributed by atoms with van der Waals surface area (Å²) >= 11 is 5.59. The Bertz CT molecular complexity index is 972. The highest BCUT2D eigenvalue weighted by Crippen LogP contribution is 2.31. The minimum Gasteiger partial charge on any atom is -0.497 e. The number of carbonyl (C=O) groups excluding carboxylic acids is 1. The average molecular weight is 499 g/mol. The van der Waals surface area contributed by atoms with Gasteiger partial charge in [-0.3, -0.25) is 9.69 Å². The Kier molecular flexibility index (Phi) is 8.93. The number of benzene rings is 2. The number of amides is 1. The van der Waals surface area contributed by atoms with E-state index in [0.29, 0.717) is 17.6 Å². The van der Waals surface area contributed by atoms with Gasteiger partial charge in [0.1, 0.15) is 11.6 Å². The van der Waals surface area contributed by atoms with Crippen LogP contribution in [-0.4, -0.2) is 66.7 Å². The lowest BCUT2D eigenvalue weighted by atomic mass is 9.95. The molecule has 1 unspecified atom stereocenters. The van der Waals surface area contributed by atoms with Gasteiger partial charge < -0.3 is 20.3 Å². The fourth-order valence-corrected chi connectivity index (χ4v) is 5.42. The maximum Gasteiger partial charge on any atom is 0.237 e. The molecule has 6 nitrogen and oxygen atoms in total. The fourth-order valence-electron chi connectivity index (χ4n) is 5.12. The first-order valence-corrected chi connectivity index (χ1v) is 12.9. The van der Waals surface area contributed by atoms with Crippen molar-refractivity contribution < 1.29 is 13.9 Å². The molecular formula is C27H35FN4O2S. The minimum atomic E-state index is -0.268. The monoisotopic (exact) mass is 498 g/mol. The number of nitrogens with one attached hydrogen (secondary N) is 2. The first-order chi connectivity index (χ1) is 17.0. The lowest BCUT2D eigenvalue weighted by Crippen LogP contribution is -2.58. The van der Waals surface area contributed by atoms with E-state index >= 15 is 0 Å². The van der Waals surface area contributed by atoms with E-state index in [2.05, 4.69) is 20.4 Å². The molecule has 1 atom stereocenters. The Balaban J connectivity index is 1.30. The van der Waals surface area contributed by atoms with Gasteiger partial charge in [0, 0.05) is 38.4 Å². The van der Waals surface area contributed by atoms with Crippen LogP contribution in [0.1, 0.15) is 31.2 Å². The van der Waals surface area contributed by atoms with Crippen molar-refractivity contribution >= 4 is 28.9 Å². The van der Waals surface area contributed by atoms with Crippen LogP contribution in [0.2, 0.25) is 0 Å². The van der Waals surface area contributed by atoms with Crippen LogP contribution in [0.5, 0.6) is 5.75 Å². The molecule has 0 bridgehead atoms. The summed E-state index contributed by atoms with van der Waals surface area (Å²) in [6.45, 7) is 3.72. The number of hydrogen-bond acceptors (Lipinski definition) is 4. The maximum absolute atomic E-state index is 13.3. The summed E-state index contributed by atoms with van der Waals surface area (Å²) in [5.41, 5.74) is 1.96. The molecule has 4 rings (SSSR count). The molecule has 0 aromatic heterocycles. The maximum atomic E-state index is 13.3. The zero-order valence-corrected chi connectivity index (χ0v) is 21.2. The molecule has 0 spiro atoms. The number of hydrogen-bond donors (Lipinski definition) is 2. The van der Waals surface area contributed by atoms with Gasteiger partial charge in [-0.1, -0.05) is 25.0 Å². The number of rotatable bonds is 8. The van der Waals surface area contributed by atoms with Crippen molar-refractivity contribution in [1.82, 2.24) is 15.1 Å². The topological polar surface area (TPSA) is 56.8 Å². The average Bonchev–Trinajstić information content (AvgIpc) is 3.41. The zero-order valence-electron chi connectivity index (χ0n) is 20.3. The van der Waals surface area contributed by atoms with Crippen molar-refractivity contribution in [2.24, 2.45) is 5.92 Å². The quantitative estimate of drug-likeness (QED) is 0.536. The van der Waals surface area contributed by atoms with Gasteiger partial charge in [0.05, 0.1) is 13.2 Å². The smallest absolute Gasteiger partial charge is 0.237 e. The Labute approximate surface area is 212 Å². The van der Waals surface area contributed by atoms with E-state index in [0.717, 1.165) is 56.9 Å². The molecule has 1 aliphatic carbocycles. The van der Waals surface area contributed by atoms with Gasteiger partial charge in [-0.25, -0.2) is 4.39 Å². The van der Waals surface area contributed by atoms with Gasteiger partial charge in [-0.15, -0.1) is 0 Å². The number of halogens is 1. The van der Waals surface area contributed by atoms with E-state index in [4.69, 9.17) is 17.0 Å². The molecule has 2 fully saturated rings. The Morgan fingerprint density at radius 2 is 1.71 bits per heavy atom. The van der Waals surface area contributed by atoms with E-state index in [1.54, 1.807) is 19.2 Å².